The SMILES string of the molecule is C1CCC(C2C3CC4C(CC3C(C3CCCCC3)C3C5CCC(N6C7CCCCC7CCC7CCCCC76)C6CCCC(C56)C23)C2CCCC3CCCC4C32)CC1. The van der Waals surface area contributed by atoms with Crippen LogP contribution < -0.4 is 0 Å². The molecule has 0 spiro atoms. The minimum Gasteiger partial charge on any atom is -0.294 e. The van der Waals surface area contributed by atoms with Crippen LogP contribution in [0, 0.1) is 118 Å². The molecule has 1 heterocycles. The highest BCUT2D eigenvalue weighted by atomic mass is 15.2. The molecular weight excluding hydrogens is 687 g/mol. The van der Waals surface area contributed by atoms with Gasteiger partial charge in [0.05, 0.1) is 0 Å². The van der Waals surface area contributed by atoms with E-state index in [2.05, 4.69) is 4.90 Å². The van der Waals surface area contributed by atoms with E-state index in [1.165, 1.54) is 5.92 Å². The topological polar surface area (TPSA) is 3.24 Å². The minimum absolute atomic E-state index is 0.965. The lowest BCUT2D eigenvalue weighted by molar-refractivity contribution is -0.128. The highest BCUT2D eigenvalue weighted by molar-refractivity contribution is 5.18. The van der Waals surface area contributed by atoms with Crippen LogP contribution in [-0.4, -0.2) is 23.0 Å². The van der Waals surface area contributed by atoms with E-state index in [1.54, 1.807) is 212 Å². The highest BCUT2D eigenvalue weighted by Gasteiger charge is 2.69. The molecule has 0 aromatic rings. The first-order valence-corrected chi connectivity index (χ1v) is 28.1. The van der Waals surface area contributed by atoms with Gasteiger partial charge in [-0.2, -0.15) is 0 Å². The number of hydrogen-bond acceptors (Lipinski definition) is 1. The van der Waals surface area contributed by atoms with Crippen molar-refractivity contribution in [2.24, 2.45) is 118 Å². The summed E-state index contributed by atoms with van der Waals surface area (Å²) in [6.45, 7) is 0. The molecule has 318 valence electrons. The second kappa shape index (κ2) is 15.3. The maximum absolute atomic E-state index is 3.53. The van der Waals surface area contributed by atoms with Gasteiger partial charge in [0.25, 0.3) is 0 Å². The van der Waals surface area contributed by atoms with E-state index in [4.69, 9.17) is 0 Å². The van der Waals surface area contributed by atoms with Gasteiger partial charge in [-0.05, 0) is 208 Å². The second-order valence-corrected chi connectivity index (χ2v) is 25.7. The first kappa shape index (κ1) is 37.5. The summed E-state index contributed by atoms with van der Waals surface area (Å²) in [6.07, 6.45) is 53.2. The summed E-state index contributed by atoms with van der Waals surface area (Å²) in [7, 11) is 0. The third-order valence-corrected chi connectivity index (χ3v) is 24.4. The predicted octanol–water partition coefficient (Wildman–Crippen LogP) is 14.8. The van der Waals surface area contributed by atoms with Gasteiger partial charge in [-0.1, -0.05) is 122 Å². The maximum Gasteiger partial charge on any atom is 0.0133 e. The zero-order chi connectivity index (χ0) is 37.2. The second-order valence-electron chi connectivity index (χ2n) is 25.7. The molecule has 0 N–H and O–H groups in total. The Morgan fingerprint density at radius 1 is 0.193 bits per heavy atom. The van der Waals surface area contributed by atoms with Crippen molar-refractivity contribution in [3.05, 3.63) is 0 Å². The molecule has 21 atom stereocenters. The Hall–Kier alpha value is -0.0400. The normalized spacial score (nSPS) is 56.5. The van der Waals surface area contributed by atoms with Crippen LogP contribution in [0.5, 0.6) is 0 Å². The van der Waals surface area contributed by atoms with Crippen LogP contribution in [-0.2, 0) is 0 Å². The number of fused-ring (bicyclic) bond motifs is 9. The molecule has 0 bridgehead atoms. The lowest BCUT2D eigenvalue weighted by Crippen LogP contribution is -2.59. The summed E-state index contributed by atoms with van der Waals surface area (Å²) in [5, 5.41) is 0. The molecule has 57 heavy (non-hydrogen) atoms. The monoisotopic (exact) mass is 776 g/mol. The van der Waals surface area contributed by atoms with Crippen molar-refractivity contribution < 1.29 is 0 Å². The van der Waals surface area contributed by atoms with Crippen LogP contribution in [0.1, 0.15) is 212 Å². The summed E-state index contributed by atoms with van der Waals surface area (Å²) < 4.78 is 0. The summed E-state index contributed by atoms with van der Waals surface area (Å²) >= 11 is 0. The van der Waals surface area contributed by atoms with Crippen molar-refractivity contribution in [2.75, 3.05) is 0 Å². The summed E-state index contributed by atoms with van der Waals surface area (Å²) in [4.78, 5) is 3.53. The molecule has 1 aliphatic heterocycles. The van der Waals surface area contributed by atoms with Crippen LogP contribution in [0.15, 0.2) is 0 Å². The predicted molar refractivity (Wildman–Crippen MR) is 235 cm³/mol. The molecule has 0 aromatic carbocycles. The van der Waals surface area contributed by atoms with Crippen molar-refractivity contribution in [3.63, 3.8) is 0 Å². The Bertz CT molecular complexity index is 1320. The Morgan fingerprint density at radius 2 is 0.614 bits per heavy atom. The molecule has 13 fully saturated rings. The lowest BCUT2D eigenvalue weighted by Gasteiger charge is -2.61. The van der Waals surface area contributed by atoms with Crippen molar-refractivity contribution in [3.8, 4) is 0 Å². The average molecular weight is 776 g/mol. The summed E-state index contributed by atoms with van der Waals surface area (Å²) in [6, 6.07) is 2.90. The average Bonchev–Trinajstić information content (AvgIpc) is 3.70. The van der Waals surface area contributed by atoms with Crippen molar-refractivity contribution >= 4 is 0 Å². The van der Waals surface area contributed by atoms with E-state index in [-0.39, 0.29) is 0 Å². The van der Waals surface area contributed by atoms with E-state index >= 15 is 0 Å². The number of nitrogens with zero attached hydrogens (tertiary/aromatic N) is 1. The van der Waals surface area contributed by atoms with Gasteiger partial charge < -0.3 is 0 Å². The third-order valence-electron chi connectivity index (χ3n) is 24.4. The van der Waals surface area contributed by atoms with Crippen LogP contribution in [0.4, 0.5) is 0 Å². The van der Waals surface area contributed by atoms with Crippen molar-refractivity contribution in [1.82, 2.24) is 4.90 Å². The van der Waals surface area contributed by atoms with Gasteiger partial charge in [0.2, 0.25) is 0 Å². The Balaban J connectivity index is 0.899. The molecular formula is C56H89N. The van der Waals surface area contributed by atoms with E-state index in [9.17, 15) is 0 Å². The van der Waals surface area contributed by atoms with Crippen LogP contribution in [0.3, 0.4) is 0 Å². The molecule has 1 nitrogen and oxygen atoms in total. The first-order valence-electron chi connectivity index (χ1n) is 28.1. The van der Waals surface area contributed by atoms with E-state index in [1.807, 2.05) is 0 Å². The molecule has 0 aromatic heterocycles. The van der Waals surface area contributed by atoms with Gasteiger partial charge >= 0.3 is 0 Å². The lowest BCUT2D eigenvalue weighted by atomic mass is 9.44. The fraction of sp³-hybridized carbons (Fsp3) is 1.00. The smallest absolute Gasteiger partial charge is 0.0133 e. The zero-order valence-corrected chi connectivity index (χ0v) is 37.1. The molecule has 12 saturated carbocycles. The number of hydrogen-bond donors (Lipinski definition) is 0. The highest BCUT2D eigenvalue weighted by Crippen LogP contribution is 2.75. The Labute approximate surface area is 351 Å². The minimum atomic E-state index is 0.965. The van der Waals surface area contributed by atoms with Gasteiger partial charge in [0.15, 0.2) is 0 Å². The number of rotatable bonds is 3. The van der Waals surface area contributed by atoms with Crippen molar-refractivity contribution in [1.29, 1.82) is 0 Å². The van der Waals surface area contributed by atoms with Crippen LogP contribution in [0.2, 0.25) is 0 Å². The van der Waals surface area contributed by atoms with Gasteiger partial charge in [0.1, 0.15) is 0 Å². The van der Waals surface area contributed by atoms with Gasteiger partial charge in [-0.25, -0.2) is 0 Å². The molecule has 0 radical (unpaired) electrons. The van der Waals surface area contributed by atoms with Crippen molar-refractivity contribution in [2.45, 2.75) is 230 Å². The van der Waals surface area contributed by atoms with Gasteiger partial charge in [0, 0.05) is 18.1 Å². The molecule has 21 unspecified atom stereocenters. The first-order chi connectivity index (χ1) is 28.3. The van der Waals surface area contributed by atoms with Gasteiger partial charge in [-0.15, -0.1) is 0 Å². The summed E-state index contributed by atoms with van der Waals surface area (Å²) in [5.41, 5.74) is 0. The molecule has 0 amide bonds. The summed E-state index contributed by atoms with van der Waals surface area (Å²) in [5.74, 6) is 22.5. The number of likely N-dealkylation sites (tertiary alicyclic amines) is 1. The molecule has 1 heteroatoms. The van der Waals surface area contributed by atoms with E-state index < -0.39 is 0 Å². The fourth-order valence-electron chi connectivity index (χ4n) is 23.4. The zero-order valence-electron chi connectivity index (χ0n) is 37.1. The van der Waals surface area contributed by atoms with Crippen LogP contribution >= 0.6 is 0 Å². The Morgan fingerprint density at radius 3 is 1.19 bits per heavy atom. The maximum atomic E-state index is 3.53. The molecule has 12 aliphatic carbocycles. The molecule has 13 rings (SSSR count). The largest absolute Gasteiger partial charge is 0.294 e. The molecule has 1 saturated heterocycles. The standard InChI is InChI=1S/C56H89N/c1-3-16-37(17-4-1)52-46-32-44-39-22-11-20-36-21-12-23-40(51(36)39)45(44)33-47(46)53(38-18-5-2-6-19-38)56-43-30-31-50(41-24-13-25-42(54(41)43)55(52)56)57-48-26-9-7-14-34(48)28-29-35-15-8-10-27-49(35)57/h34-56H,1-33H2. The van der Waals surface area contributed by atoms with E-state index in [0.29, 0.717) is 0 Å². The Kier molecular flexibility index (Phi) is 10.1. The quantitative estimate of drug-likeness (QED) is 0.276. The van der Waals surface area contributed by atoms with Crippen LogP contribution in [0.25, 0.3) is 0 Å². The van der Waals surface area contributed by atoms with E-state index in [0.717, 1.165) is 131 Å². The molecule has 13 aliphatic rings. The third kappa shape index (κ3) is 5.92. The fourth-order valence-corrected chi connectivity index (χ4v) is 23.4. The van der Waals surface area contributed by atoms with Gasteiger partial charge in [-0.3, -0.25) is 4.90 Å².